The van der Waals surface area contributed by atoms with Gasteiger partial charge in [0.2, 0.25) is 0 Å². The monoisotopic (exact) mass is 600 g/mol. The molecule has 1 saturated carbocycles. The number of halogens is 6. The highest BCUT2D eigenvalue weighted by molar-refractivity contribution is 7.91. The Hall–Kier alpha value is -2.48. The van der Waals surface area contributed by atoms with Crippen molar-refractivity contribution in [2.75, 3.05) is 12.8 Å². The van der Waals surface area contributed by atoms with Crippen LogP contribution in [-0.2, 0) is 22.7 Å². The van der Waals surface area contributed by atoms with Gasteiger partial charge >= 0.3 is 12.8 Å². The van der Waals surface area contributed by atoms with Crippen LogP contribution in [0.4, 0.5) is 22.0 Å². The number of amides is 1. The van der Waals surface area contributed by atoms with E-state index in [9.17, 15) is 35.2 Å². The smallest absolute Gasteiger partial charge is 0.391 e. The number of carbonyl (C=O) groups is 1. The van der Waals surface area contributed by atoms with Crippen molar-refractivity contribution in [1.29, 1.82) is 0 Å². The van der Waals surface area contributed by atoms with Crippen molar-refractivity contribution in [2.45, 2.75) is 70.4 Å². The van der Waals surface area contributed by atoms with Gasteiger partial charge in [-0.2, -0.15) is 22.0 Å². The van der Waals surface area contributed by atoms with E-state index in [0.717, 1.165) is 23.8 Å². The second-order valence-corrected chi connectivity index (χ2v) is 12.4. The lowest BCUT2D eigenvalue weighted by atomic mass is 9.89. The van der Waals surface area contributed by atoms with Gasteiger partial charge in [-0.15, -0.1) is 0 Å². The summed E-state index contributed by atoms with van der Waals surface area (Å²) in [4.78, 5) is 21.2. The van der Waals surface area contributed by atoms with Crippen molar-refractivity contribution in [3.63, 3.8) is 0 Å². The van der Waals surface area contributed by atoms with Gasteiger partial charge in [-0.1, -0.05) is 25.4 Å². The summed E-state index contributed by atoms with van der Waals surface area (Å²) in [6.45, 7) is -0.381. The molecule has 0 saturated heterocycles. The maximum Gasteiger partial charge on any atom is 0.391 e. The molecule has 0 aromatic carbocycles. The van der Waals surface area contributed by atoms with Gasteiger partial charge in [0, 0.05) is 25.4 Å². The normalized spacial score (nSPS) is 19.2. The number of ether oxygens (including phenoxy) is 1. The van der Waals surface area contributed by atoms with Crippen LogP contribution in [0, 0.1) is 11.8 Å². The van der Waals surface area contributed by atoms with Gasteiger partial charge in [-0.3, -0.25) is 9.36 Å². The summed E-state index contributed by atoms with van der Waals surface area (Å²) < 4.78 is 94.6. The highest BCUT2D eigenvalue weighted by Crippen LogP contribution is 2.34. The Kier molecular flexibility index (Phi) is 9.84. The van der Waals surface area contributed by atoms with Crippen LogP contribution in [0.2, 0.25) is 5.15 Å². The molecule has 1 aliphatic rings. The topological polar surface area (TPSA) is 103 Å². The van der Waals surface area contributed by atoms with Crippen molar-refractivity contribution >= 4 is 27.3 Å². The molecule has 2 heterocycles. The third-order valence-corrected chi connectivity index (χ3v) is 8.82. The SMILES string of the molecule is CCc1nc(C(=O)NCC2CCC(S(C)(=O)=O)CC2)c(Cl)n1-c1ncc(C[C@H](C)C(F)(F)F)cc1OC(F)F. The molecule has 0 spiro atoms. The maximum atomic E-state index is 13.2. The van der Waals surface area contributed by atoms with Crippen molar-refractivity contribution in [3.8, 4) is 11.6 Å². The molecule has 1 N–H and O–H groups in total. The number of pyridine rings is 1. The number of hydrogen-bond donors (Lipinski definition) is 1. The molecule has 0 radical (unpaired) electrons. The second kappa shape index (κ2) is 12.4. The second-order valence-electron chi connectivity index (χ2n) is 9.73. The van der Waals surface area contributed by atoms with Gasteiger partial charge in [0.05, 0.1) is 11.2 Å². The fourth-order valence-electron chi connectivity index (χ4n) is 4.54. The van der Waals surface area contributed by atoms with Crippen molar-refractivity contribution in [1.82, 2.24) is 19.9 Å². The summed E-state index contributed by atoms with van der Waals surface area (Å²) in [6.07, 6.45) is -0.197. The van der Waals surface area contributed by atoms with Crippen molar-refractivity contribution in [3.05, 3.63) is 34.5 Å². The van der Waals surface area contributed by atoms with Crippen LogP contribution in [0.1, 0.15) is 61.4 Å². The Labute approximate surface area is 228 Å². The minimum absolute atomic E-state index is 0.0251. The number of carbonyl (C=O) groups excluding carboxylic acids is 1. The number of hydrogen-bond acceptors (Lipinski definition) is 6. The van der Waals surface area contributed by atoms with E-state index >= 15 is 0 Å². The van der Waals surface area contributed by atoms with Crippen molar-refractivity contribution in [2.24, 2.45) is 11.8 Å². The molecule has 1 aliphatic carbocycles. The molecule has 39 heavy (non-hydrogen) atoms. The number of alkyl halides is 5. The molecule has 1 atom stereocenters. The van der Waals surface area contributed by atoms with Crippen LogP contribution < -0.4 is 10.1 Å². The molecular formula is C24H30ClF5N4O4S. The molecule has 8 nitrogen and oxygen atoms in total. The first-order valence-corrected chi connectivity index (χ1v) is 14.7. The first-order chi connectivity index (χ1) is 18.1. The molecule has 1 amide bonds. The van der Waals surface area contributed by atoms with E-state index < -0.39 is 46.6 Å². The fourth-order valence-corrected chi connectivity index (χ4v) is 5.97. The molecule has 0 aliphatic heterocycles. The summed E-state index contributed by atoms with van der Waals surface area (Å²) in [5.41, 5.74) is -0.157. The third kappa shape index (κ3) is 7.80. The summed E-state index contributed by atoms with van der Waals surface area (Å²) in [7, 11) is -3.12. The quantitative estimate of drug-likeness (QED) is 0.378. The lowest BCUT2D eigenvalue weighted by molar-refractivity contribution is -0.169. The average Bonchev–Trinajstić information content (AvgIpc) is 3.17. The molecule has 2 aromatic rings. The number of aryl methyl sites for hydroxylation is 1. The van der Waals surface area contributed by atoms with Crippen LogP contribution >= 0.6 is 11.6 Å². The van der Waals surface area contributed by atoms with E-state index in [2.05, 4.69) is 20.0 Å². The van der Waals surface area contributed by atoms with Gasteiger partial charge in [0.15, 0.2) is 17.3 Å². The van der Waals surface area contributed by atoms with Crippen LogP contribution in [0.3, 0.4) is 0 Å². The average molecular weight is 601 g/mol. The molecular weight excluding hydrogens is 571 g/mol. The van der Waals surface area contributed by atoms with Crippen LogP contribution in [0.25, 0.3) is 5.82 Å². The number of nitrogens with zero attached hydrogens (tertiary/aromatic N) is 3. The molecule has 2 aromatic heterocycles. The van der Waals surface area contributed by atoms with Gasteiger partial charge in [-0.25, -0.2) is 18.4 Å². The van der Waals surface area contributed by atoms with E-state index in [4.69, 9.17) is 11.6 Å². The molecule has 0 unspecified atom stereocenters. The van der Waals surface area contributed by atoms with Crippen LogP contribution in [0.5, 0.6) is 5.75 Å². The lowest BCUT2D eigenvalue weighted by Gasteiger charge is -2.27. The third-order valence-electron chi connectivity index (χ3n) is 6.79. The zero-order valence-electron chi connectivity index (χ0n) is 21.6. The van der Waals surface area contributed by atoms with Gasteiger partial charge in [-0.05, 0) is 49.7 Å². The number of nitrogens with one attached hydrogen (secondary N) is 1. The Bertz CT molecular complexity index is 1280. The number of rotatable bonds is 10. The number of aromatic nitrogens is 3. The summed E-state index contributed by atoms with van der Waals surface area (Å²) in [5, 5.41) is 2.13. The minimum Gasteiger partial charge on any atom is -0.431 e. The number of sulfone groups is 1. The summed E-state index contributed by atoms with van der Waals surface area (Å²) in [5.74, 6) is -2.86. The molecule has 218 valence electrons. The van der Waals surface area contributed by atoms with Crippen molar-refractivity contribution < 1.29 is 39.9 Å². The fraction of sp³-hybridized carbons (Fsp3) is 0.625. The summed E-state index contributed by atoms with van der Waals surface area (Å²) in [6, 6.07) is 1.04. The first-order valence-electron chi connectivity index (χ1n) is 12.4. The van der Waals surface area contributed by atoms with Gasteiger partial charge in [0.1, 0.15) is 20.8 Å². The van der Waals surface area contributed by atoms with E-state index in [-0.39, 0.29) is 52.2 Å². The highest BCUT2D eigenvalue weighted by atomic mass is 35.5. The Morgan fingerprint density at radius 1 is 1.26 bits per heavy atom. The van der Waals surface area contributed by atoms with E-state index in [0.29, 0.717) is 25.7 Å². The Balaban J connectivity index is 1.83. The molecule has 0 bridgehead atoms. The largest absolute Gasteiger partial charge is 0.431 e. The molecule has 15 heteroatoms. The van der Waals surface area contributed by atoms with E-state index in [1.54, 1.807) is 6.92 Å². The predicted octanol–water partition coefficient (Wildman–Crippen LogP) is 5.16. The summed E-state index contributed by atoms with van der Waals surface area (Å²) >= 11 is 6.46. The van der Waals surface area contributed by atoms with Gasteiger partial charge < -0.3 is 10.1 Å². The number of imidazole rings is 1. The Morgan fingerprint density at radius 2 is 1.90 bits per heavy atom. The minimum atomic E-state index is -4.49. The van der Waals surface area contributed by atoms with E-state index in [1.165, 1.54) is 6.26 Å². The lowest BCUT2D eigenvalue weighted by Crippen LogP contribution is -2.34. The Morgan fingerprint density at radius 3 is 2.44 bits per heavy atom. The zero-order valence-corrected chi connectivity index (χ0v) is 23.1. The maximum absolute atomic E-state index is 13.2. The highest BCUT2D eigenvalue weighted by Gasteiger charge is 2.36. The van der Waals surface area contributed by atoms with Gasteiger partial charge in [0.25, 0.3) is 5.91 Å². The van der Waals surface area contributed by atoms with Crippen LogP contribution in [0.15, 0.2) is 12.3 Å². The predicted molar refractivity (Wildman–Crippen MR) is 134 cm³/mol. The van der Waals surface area contributed by atoms with E-state index in [1.807, 2.05) is 0 Å². The standard InChI is InChI=1S/C24H30ClF5N4O4S/c1-4-18-33-19(22(35)32-11-14-5-7-16(8-6-14)39(3,36)37)20(25)34(18)21-17(38-23(26)27)10-15(12-31-21)9-13(2)24(28,29)30/h10,12-14,16,23H,4-9,11H2,1-3H3,(H,32,35)/t13-,14?,16?/m0/s1. The molecule has 3 rings (SSSR count). The zero-order chi connectivity index (χ0) is 29.1. The van der Waals surface area contributed by atoms with Crippen LogP contribution in [-0.4, -0.2) is 59.7 Å². The first kappa shape index (κ1) is 31.1. The molecule has 1 fully saturated rings.